The molecule has 28 heavy (non-hydrogen) atoms. The average molecular weight is 378 g/mol. The van der Waals surface area contributed by atoms with Crippen molar-refractivity contribution in [3.63, 3.8) is 0 Å². The highest BCUT2D eigenvalue weighted by molar-refractivity contribution is 5.76. The Bertz CT molecular complexity index is 960. The molecule has 0 spiro atoms. The van der Waals surface area contributed by atoms with Crippen molar-refractivity contribution < 1.29 is 4.79 Å². The average Bonchev–Trinajstić information content (AvgIpc) is 3.07. The Labute approximate surface area is 164 Å². The number of aryl methyl sites for hydroxylation is 1. The largest absolute Gasteiger partial charge is 0.356 e. The van der Waals surface area contributed by atoms with E-state index in [1.807, 2.05) is 54.2 Å². The molecule has 1 saturated heterocycles. The topological polar surface area (TPSA) is 75.1 Å². The number of benzene rings is 1. The predicted octanol–water partition coefficient (Wildman–Crippen LogP) is 2.96. The van der Waals surface area contributed by atoms with E-state index in [-0.39, 0.29) is 6.03 Å². The Kier molecular flexibility index (Phi) is 5.41. The summed E-state index contributed by atoms with van der Waals surface area (Å²) in [7, 11) is 1.96. The molecule has 0 unspecified atom stereocenters. The molecule has 2 aromatic heterocycles. The molecule has 4 rings (SSSR count). The standard InChI is InChI=1S/C21H26N6O/c1-26-18-10-4-3-9-17(18)25-19(26)15-24-21(28)23-14-16-8-7-11-22-20(16)27-12-5-2-6-13-27/h3-4,7-11H,2,5-6,12-15H2,1H3,(H2,23,24,28). The van der Waals surface area contributed by atoms with Gasteiger partial charge in [-0.05, 0) is 37.5 Å². The molecule has 0 radical (unpaired) electrons. The Hall–Kier alpha value is -3.09. The van der Waals surface area contributed by atoms with Crippen LogP contribution in [-0.2, 0) is 20.1 Å². The van der Waals surface area contributed by atoms with Crippen LogP contribution in [0.25, 0.3) is 11.0 Å². The van der Waals surface area contributed by atoms with Crippen molar-refractivity contribution in [1.82, 2.24) is 25.2 Å². The van der Waals surface area contributed by atoms with Gasteiger partial charge in [-0.3, -0.25) is 0 Å². The number of aromatic nitrogens is 3. The number of rotatable bonds is 5. The molecule has 1 aliphatic heterocycles. The monoisotopic (exact) mass is 378 g/mol. The third-order valence-corrected chi connectivity index (χ3v) is 5.25. The number of para-hydroxylation sites is 2. The van der Waals surface area contributed by atoms with Gasteiger partial charge in [-0.15, -0.1) is 0 Å². The summed E-state index contributed by atoms with van der Waals surface area (Å²) in [6.07, 6.45) is 5.49. The van der Waals surface area contributed by atoms with Crippen LogP contribution in [0.2, 0.25) is 0 Å². The number of anilines is 1. The van der Waals surface area contributed by atoms with Gasteiger partial charge in [0, 0.05) is 38.4 Å². The summed E-state index contributed by atoms with van der Waals surface area (Å²) in [5.41, 5.74) is 3.03. The zero-order chi connectivity index (χ0) is 19.3. The Morgan fingerprint density at radius 2 is 1.82 bits per heavy atom. The summed E-state index contributed by atoms with van der Waals surface area (Å²) < 4.78 is 2.01. The number of carbonyl (C=O) groups excluding carboxylic acids is 1. The van der Waals surface area contributed by atoms with Crippen LogP contribution in [0, 0.1) is 0 Å². The van der Waals surface area contributed by atoms with Gasteiger partial charge in [0.1, 0.15) is 11.6 Å². The fourth-order valence-electron chi connectivity index (χ4n) is 3.71. The maximum Gasteiger partial charge on any atom is 0.315 e. The van der Waals surface area contributed by atoms with Gasteiger partial charge in [0.25, 0.3) is 0 Å². The van der Waals surface area contributed by atoms with Crippen LogP contribution in [0.3, 0.4) is 0 Å². The van der Waals surface area contributed by atoms with E-state index >= 15 is 0 Å². The van der Waals surface area contributed by atoms with E-state index in [1.54, 1.807) is 0 Å². The van der Waals surface area contributed by atoms with E-state index in [9.17, 15) is 4.79 Å². The molecule has 3 heterocycles. The number of imidazole rings is 1. The SMILES string of the molecule is Cn1c(CNC(=O)NCc2cccnc2N2CCCCC2)nc2ccccc21. The molecular weight excluding hydrogens is 352 g/mol. The summed E-state index contributed by atoms with van der Waals surface area (Å²) in [6, 6.07) is 11.7. The van der Waals surface area contributed by atoms with Crippen LogP contribution in [-0.4, -0.2) is 33.7 Å². The minimum Gasteiger partial charge on any atom is -0.356 e. The van der Waals surface area contributed by atoms with Crippen molar-refractivity contribution in [1.29, 1.82) is 0 Å². The number of piperidine rings is 1. The van der Waals surface area contributed by atoms with Gasteiger partial charge >= 0.3 is 6.03 Å². The summed E-state index contributed by atoms with van der Waals surface area (Å²) >= 11 is 0. The summed E-state index contributed by atoms with van der Waals surface area (Å²) in [5.74, 6) is 1.81. The second kappa shape index (κ2) is 8.29. The lowest BCUT2D eigenvalue weighted by Gasteiger charge is -2.29. The molecule has 0 aliphatic carbocycles. The van der Waals surface area contributed by atoms with Gasteiger partial charge in [0.05, 0.1) is 17.6 Å². The molecule has 2 N–H and O–H groups in total. The Morgan fingerprint density at radius 1 is 1.04 bits per heavy atom. The smallest absolute Gasteiger partial charge is 0.315 e. The first-order valence-electron chi connectivity index (χ1n) is 9.83. The van der Waals surface area contributed by atoms with Crippen LogP contribution in [0.4, 0.5) is 10.6 Å². The van der Waals surface area contributed by atoms with E-state index in [0.717, 1.165) is 41.3 Å². The molecule has 0 bridgehead atoms. The minimum atomic E-state index is -0.208. The number of nitrogens with zero attached hydrogens (tertiary/aromatic N) is 4. The number of amides is 2. The zero-order valence-corrected chi connectivity index (χ0v) is 16.2. The second-order valence-corrected chi connectivity index (χ2v) is 7.15. The van der Waals surface area contributed by atoms with Crippen LogP contribution >= 0.6 is 0 Å². The van der Waals surface area contributed by atoms with E-state index < -0.39 is 0 Å². The molecular formula is C21H26N6O. The molecule has 146 valence electrons. The Morgan fingerprint density at radius 3 is 2.64 bits per heavy atom. The van der Waals surface area contributed by atoms with Crippen molar-refractivity contribution in [3.8, 4) is 0 Å². The highest BCUT2D eigenvalue weighted by Gasteiger charge is 2.16. The normalized spacial score (nSPS) is 14.2. The van der Waals surface area contributed by atoms with Crippen LogP contribution in [0.5, 0.6) is 0 Å². The van der Waals surface area contributed by atoms with Crippen molar-refractivity contribution in [2.24, 2.45) is 7.05 Å². The third kappa shape index (κ3) is 3.93. The van der Waals surface area contributed by atoms with E-state index in [2.05, 4.69) is 25.5 Å². The molecule has 7 heteroatoms. The first kappa shape index (κ1) is 18.3. The molecule has 0 saturated carbocycles. The van der Waals surface area contributed by atoms with Crippen molar-refractivity contribution in [2.45, 2.75) is 32.4 Å². The summed E-state index contributed by atoms with van der Waals surface area (Å²) in [6.45, 7) is 2.89. The maximum atomic E-state index is 12.3. The highest BCUT2D eigenvalue weighted by Crippen LogP contribution is 2.21. The number of urea groups is 1. The van der Waals surface area contributed by atoms with Crippen LogP contribution in [0.1, 0.15) is 30.7 Å². The number of hydrogen-bond donors (Lipinski definition) is 2. The molecule has 0 atom stereocenters. The molecule has 1 fully saturated rings. The third-order valence-electron chi connectivity index (χ3n) is 5.25. The highest BCUT2D eigenvalue weighted by atomic mass is 16.2. The second-order valence-electron chi connectivity index (χ2n) is 7.15. The molecule has 2 amide bonds. The van der Waals surface area contributed by atoms with E-state index in [1.165, 1.54) is 19.3 Å². The number of carbonyl (C=O) groups is 1. The van der Waals surface area contributed by atoms with Crippen LogP contribution in [0.15, 0.2) is 42.6 Å². The van der Waals surface area contributed by atoms with Gasteiger partial charge in [-0.1, -0.05) is 18.2 Å². The zero-order valence-electron chi connectivity index (χ0n) is 16.2. The lowest BCUT2D eigenvalue weighted by Crippen LogP contribution is -2.36. The fraction of sp³-hybridized carbons (Fsp3) is 0.381. The van der Waals surface area contributed by atoms with Gasteiger partial charge in [-0.25, -0.2) is 14.8 Å². The molecule has 7 nitrogen and oxygen atoms in total. The van der Waals surface area contributed by atoms with E-state index in [4.69, 9.17) is 0 Å². The van der Waals surface area contributed by atoms with Gasteiger partial charge < -0.3 is 20.1 Å². The number of pyridine rings is 1. The van der Waals surface area contributed by atoms with Crippen molar-refractivity contribution in [2.75, 3.05) is 18.0 Å². The first-order valence-corrected chi connectivity index (χ1v) is 9.83. The van der Waals surface area contributed by atoms with Crippen LogP contribution < -0.4 is 15.5 Å². The molecule has 3 aromatic rings. The predicted molar refractivity (Wildman–Crippen MR) is 110 cm³/mol. The lowest BCUT2D eigenvalue weighted by molar-refractivity contribution is 0.240. The first-order chi connectivity index (χ1) is 13.7. The number of hydrogen-bond acceptors (Lipinski definition) is 4. The van der Waals surface area contributed by atoms with Crippen molar-refractivity contribution in [3.05, 3.63) is 54.0 Å². The quantitative estimate of drug-likeness (QED) is 0.716. The number of fused-ring (bicyclic) bond motifs is 1. The molecule has 1 aliphatic rings. The Balaban J connectivity index is 1.35. The summed E-state index contributed by atoms with van der Waals surface area (Å²) in [4.78, 5) is 23.8. The lowest BCUT2D eigenvalue weighted by atomic mass is 10.1. The van der Waals surface area contributed by atoms with Crippen molar-refractivity contribution >= 4 is 22.9 Å². The minimum absolute atomic E-state index is 0.208. The van der Waals surface area contributed by atoms with E-state index in [0.29, 0.717) is 13.1 Å². The number of nitrogens with one attached hydrogen (secondary N) is 2. The van der Waals surface area contributed by atoms with Gasteiger partial charge in [-0.2, -0.15) is 0 Å². The van der Waals surface area contributed by atoms with Gasteiger partial charge in [0.2, 0.25) is 0 Å². The fourth-order valence-corrected chi connectivity index (χ4v) is 3.71. The summed E-state index contributed by atoms with van der Waals surface area (Å²) in [5, 5.41) is 5.85. The maximum absolute atomic E-state index is 12.3. The molecule has 1 aromatic carbocycles. The van der Waals surface area contributed by atoms with Gasteiger partial charge in [0.15, 0.2) is 0 Å².